The second-order valence-corrected chi connectivity index (χ2v) is 8.96. The number of nitrogens with one attached hydrogen (secondary N) is 1. The molecule has 0 atom stereocenters. The molecule has 0 amide bonds. The van der Waals surface area contributed by atoms with Crippen LogP contribution in [0.25, 0.3) is 16.6 Å². The summed E-state index contributed by atoms with van der Waals surface area (Å²) in [6.07, 6.45) is 7.57. The van der Waals surface area contributed by atoms with Crippen molar-refractivity contribution in [2.45, 2.75) is 11.3 Å². The molecule has 5 rings (SSSR count). The second kappa shape index (κ2) is 7.98. The zero-order chi connectivity index (χ0) is 21.3. The van der Waals surface area contributed by atoms with E-state index in [0.29, 0.717) is 22.7 Å². The number of benzene rings is 1. The van der Waals surface area contributed by atoms with Crippen LogP contribution in [0.2, 0.25) is 0 Å². The first-order chi connectivity index (χ1) is 15.1. The van der Waals surface area contributed by atoms with Crippen LogP contribution in [0.3, 0.4) is 0 Å². The van der Waals surface area contributed by atoms with E-state index in [1.807, 2.05) is 30.3 Å². The molecule has 0 unspecified atom stereocenters. The van der Waals surface area contributed by atoms with Gasteiger partial charge in [-0.2, -0.15) is 0 Å². The monoisotopic (exact) mass is 432 g/mol. The van der Waals surface area contributed by atoms with Crippen LogP contribution in [0.4, 0.5) is 0 Å². The van der Waals surface area contributed by atoms with Gasteiger partial charge in [0.25, 0.3) is 10.0 Å². The lowest BCUT2D eigenvalue weighted by molar-refractivity contribution is 0.462. The lowest BCUT2D eigenvalue weighted by atomic mass is 10.0. The molecule has 0 bridgehead atoms. The second-order valence-electron chi connectivity index (χ2n) is 7.15. The number of rotatable bonds is 5. The summed E-state index contributed by atoms with van der Waals surface area (Å²) in [7, 11) is -3.86. The molecule has 3 aromatic heterocycles. The Balaban J connectivity index is 1.53. The van der Waals surface area contributed by atoms with E-state index >= 15 is 0 Å². The molecule has 4 aromatic rings. The third-order valence-electron chi connectivity index (χ3n) is 5.17. The Kier molecular flexibility index (Phi) is 5.01. The van der Waals surface area contributed by atoms with Crippen molar-refractivity contribution in [1.29, 1.82) is 0 Å². The molecule has 7 nitrogen and oxygen atoms in total. The van der Waals surface area contributed by atoms with E-state index in [2.05, 4.69) is 21.4 Å². The zero-order valence-corrected chi connectivity index (χ0v) is 17.4. The van der Waals surface area contributed by atoms with Gasteiger partial charge < -0.3 is 10.1 Å². The van der Waals surface area contributed by atoms with Crippen molar-refractivity contribution >= 4 is 26.6 Å². The number of hydrogen-bond donors (Lipinski definition) is 1. The molecular weight excluding hydrogens is 412 g/mol. The first-order valence-corrected chi connectivity index (χ1v) is 11.4. The highest BCUT2D eigenvalue weighted by Gasteiger charge is 2.24. The molecule has 1 aliphatic rings. The summed E-state index contributed by atoms with van der Waals surface area (Å²) in [5.41, 5.74) is 3.16. The van der Waals surface area contributed by atoms with Gasteiger partial charge in [-0.15, -0.1) is 0 Å². The molecule has 4 heterocycles. The summed E-state index contributed by atoms with van der Waals surface area (Å²) in [5.74, 6) is 0.956. The van der Waals surface area contributed by atoms with E-state index in [4.69, 9.17) is 4.74 Å². The SMILES string of the molecule is O=S(=O)(c1ccc(Oc2ccccc2)nc1)n1cc(C2=CCNCC2)c2ncccc21. The molecular formula is C23H20N4O3S. The smallest absolute Gasteiger partial charge is 0.269 e. The minimum atomic E-state index is -3.86. The highest BCUT2D eigenvalue weighted by Crippen LogP contribution is 2.31. The lowest BCUT2D eigenvalue weighted by Gasteiger charge is -2.12. The van der Waals surface area contributed by atoms with E-state index in [9.17, 15) is 8.42 Å². The maximum absolute atomic E-state index is 13.4. The van der Waals surface area contributed by atoms with Gasteiger partial charge in [0.2, 0.25) is 5.88 Å². The van der Waals surface area contributed by atoms with Gasteiger partial charge in [-0.1, -0.05) is 24.3 Å². The number of ether oxygens (including phenoxy) is 1. The van der Waals surface area contributed by atoms with Crippen molar-refractivity contribution in [2.24, 2.45) is 0 Å². The molecule has 31 heavy (non-hydrogen) atoms. The molecule has 0 saturated heterocycles. The van der Waals surface area contributed by atoms with Crippen molar-refractivity contribution in [3.05, 3.63) is 84.8 Å². The van der Waals surface area contributed by atoms with Crippen LogP contribution in [0.5, 0.6) is 11.6 Å². The average molecular weight is 433 g/mol. The van der Waals surface area contributed by atoms with Crippen molar-refractivity contribution < 1.29 is 13.2 Å². The van der Waals surface area contributed by atoms with Crippen LogP contribution >= 0.6 is 0 Å². The van der Waals surface area contributed by atoms with E-state index in [1.54, 1.807) is 30.6 Å². The van der Waals surface area contributed by atoms with Crippen LogP contribution in [-0.4, -0.2) is 35.4 Å². The molecule has 0 aliphatic carbocycles. The Labute approximate surface area is 180 Å². The largest absolute Gasteiger partial charge is 0.439 e. The van der Waals surface area contributed by atoms with Gasteiger partial charge in [-0.3, -0.25) is 4.98 Å². The molecule has 1 aromatic carbocycles. The summed E-state index contributed by atoms with van der Waals surface area (Å²) in [4.78, 5) is 8.74. The van der Waals surface area contributed by atoms with Gasteiger partial charge in [0.15, 0.2) is 0 Å². The van der Waals surface area contributed by atoms with Crippen molar-refractivity contribution in [3.63, 3.8) is 0 Å². The highest BCUT2D eigenvalue weighted by molar-refractivity contribution is 7.90. The maximum atomic E-state index is 13.4. The number of fused-ring (bicyclic) bond motifs is 1. The van der Waals surface area contributed by atoms with Gasteiger partial charge >= 0.3 is 0 Å². The third kappa shape index (κ3) is 3.71. The van der Waals surface area contributed by atoms with Crippen LogP contribution < -0.4 is 10.1 Å². The zero-order valence-electron chi connectivity index (χ0n) is 16.6. The molecule has 1 N–H and O–H groups in total. The normalized spacial score (nSPS) is 14.4. The first-order valence-electron chi connectivity index (χ1n) is 9.94. The standard InChI is InChI=1S/C23H20N4O3S/c28-31(29,19-8-9-22(26-15-19)30-18-5-2-1-3-6-18)27-16-20(17-10-13-24-14-11-17)23-21(27)7-4-12-25-23/h1-10,12,15-16,24H,11,13-14H2. The Hall–Kier alpha value is -3.49. The number of para-hydroxylation sites is 1. The molecule has 0 spiro atoms. The summed E-state index contributed by atoms with van der Waals surface area (Å²) >= 11 is 0. The number of pyridine rings is 2. The first kappa shape index (κ1) is 19.5. The average Bonchev–Trinajstić information content (AvgIpc) is 3.21. The van der Waals surface area contributed by atoms with Crippen LogP contribution in [-0.2, 0) is 10.0 Å². The van der Waals surface area contributed by atoms with E-state index < -0.39 is 10.0 Å². The fourth-order valence-corrected chi connectivity index (χ4v) is 4.94. The quantitative estimate of drug-likeness (QED) is 0.516. The molecule has 0 fully saturated rings. The minimum absolute atomic E-state index is 0.0829. The summed E-state index contributed by atoms with van der Waals surface area (Å²) < 4.78 is 33.8. The van der Waals surface area contributed by atoms with Crippen LogP contribution in [0.15, 0.2) is 84.2 Å². The Morgan fingerprint density at radius 3 is 2.61 bits per heavy atom. The van der Waals surface area contributed by atoms with Gasteiger partial charge in [-0.25, -0.2) is 17.4 Å². The minimum Gasteiger partial charge on any atom is -0.439 e. The molecule has 156 valence electrons. The van der Waals surface area contributed by atoms with E-state index in [1.165, 1.54) is 16.2 Å². The fraction of sp³-hybridized carbons (Fsp3) is 0.130. The van der Waals surface area contributed by atoms with Crippen molar-refractivity contribution in [2.75, 3.05) is 13.1 Å². The summed E-state index contributed by atoms with van der Waals surface area (Å²) in [6.45, 7) is 1.61. The Morgan fingerprint density at radius 2 is 1.87 bits per heavy atom. The Bertz CT molecular complexity index is 1360. The molecule has 0 saturated carbocycles. The number of hydrogen-bond acceptors (Lipinski definition) is 6. The van der Waals surface area contributed by atoms with E-state index in [-0.39, 0.29) is 4.90 Å². The van der Waals surface area contributed by atoms with Crippen molar-refractivity contribution in [3.8, 4) is 11.6 Å². The van der Waals surface area contributed by atoms with Gasteiger partial charge in [0.1, 0.15) is 10.6 Å². The topological polar surface area (TPSA) is 86.1 Å². The lowest BCUT2D eigenvalue weighted by Crippen LogP contribution is -2.20. The van der Waals surface area contributed by atoms with Gasteiger partial charge in [0, 0.05) is 30.6 Å². The third-order valence-corrected chi connectivity index (χ3v) is 6.82. The van der Waals surface area contributed by atoms with Gasteiger partial charge in [0.05, 0.1) is 17.2 Å². The van der Waals surface area contributed by atoms with Crippen LogP contribution in [0, 0.1) is 0 Å². The summed E-state index contributed by atoms with van der Waals surface area (Å²) in [5, 5.41) is 3.28. The van der Waals surface area contributed by atoms with Gasteiger partial charge in [-0.05, 0) is 48.9 Å². The summed E-state index contributed by atoms with van der Waals surface area (Å²) in [6, 6.07) is 15.8. The molecule has 1 aliphatic heterocycles. The van der Waals surface area contributed by atoms with E-state index in [0.717, 1.165) is 30.6 Å². The number of aromatic nitrogens is 3. The molecule has 8 heteroatoms. The van der Waals surface area contributed by atoms with Crippen molar-refractivity contribution in [1.82, 2.24) is 19.3 Å². The van der Waals surface area contributed by atoms with Crippen LogP contribution in [0.1, 0.15) is 12.0 Å². The predicted molar refractivity (Wildman–Crippen MR) is 119 cm³/mol. The predicted octanol–water partition coefficient (Wildman–Crippen LogP) is 3.84. The maximum Gasteiger partial charge on any atom is 0.269 e. The Morgan fingerprint density at radius 1 is 1.00 bits per heavy atom. The fourth-order valence-electron chi connectivity index (χ4n) is 3.63. The number of nitrogens with zero attached hydrogens (tertiary/aromatic N) is 3. The molecule has 0 radical (unpaired) electrons. The highest BCUT2D eigenvalue weighted by atomic mass is 32.2.